The third-order valence-electron chi connectivity index (χ3n) is 7.38. The molecular formula is C29H56N2O4. The number of likely N-dealkylation sites (tertiary alicyclic amines) is 1. The van der Waals surface area contributed by atoms with Crippen molar-refractivity contribution >= 4 is 11.9 Å². The summed E-state index contributed by atoms with van der Waals surface area (Å²) in [4.78, 5) is 28.9. The Morgan fingerprint density at radius 1 is 0.857 bits per heavy atom. The predicted molar refractivity (Wildman–Crippen MR) is 144 cm³/mol. The van der Waals surface area contributed by atoms with Crippen LogP contribution in [0, 0.1) is 11.8 Å². The minimum absolute atomic E-state index is 0.0396. The zero-order chi connectivity index (χ0) is 25.7. The second kappa shape index (κ2) is 21.0. The van der Waals surface area contributed by atoms with Crippen molar-refractivity contribution < 1.29 is 19.1 Å². The number of unbranched alkanes of at least 4 members (excludes halogenated alkanes) is 8. The maximum atomic E-state index is 12.4. The molecule has 6 heteroatoms. The first-order chi connectivity index (χ1) is 17.0. The molecule has 0 radical (unpaired) electrons. The van der Waals surface area contributed by atoms with Crippen LogP contribution < -0.4 is 0 Å². The van der Waals surface area contributed by atoms with E-state index in [0.29, 0.717) is 38.6 Å². The van der Waals surface area contributed by atoms with Gasteiger partial charge >= 0.3 is 11.9 Å². The molecule has 1 saturated heterocycles. The first kappa shape index (κ1) is 31.9. The highest BCUT2D eigenvalue weighted by molar-refractivity contribution is 5.72. The van der Waals surface area contributed by atoms with Crippen LogP contribution in [0.5, 0.6) is 0 Å². The summed E-state index contributed by atoms with van der Waals surface area (Å²) in [5.41, 5.74) is 0. The average molecular weight is 497 g/mol. The molecule has 1 aliphatic rings. The van der Waals surface area contributed by atoms with Gasteiger partial charge in [-0.05, 0) is 58.8 Å². The Morgan fingerprint density at radius 2 is 1.43 bits per heavy atom. The van der Waals surface area contributed by atoms with Crippen molar-refractivity contribution in [3.63, 3.8) is 0 Å². The van der Waals surface area contributed by atoms with Crippen molar-refractivity contribution in [3.8, 4) is 0 Å². The van der Waals surface area contributed by atoms with Crippen LogP contribution in [0.4, 0.5) is 0 Å². The molecule has 1 fully saturated rings. The van der Waals surface area contributed by atoms with Crippen molar-refractivity contribution in [2.24, 2.45) is 11.8 Å². The van der Waals surface area contributed by atoms with Gasteiger partial charge < -0.3 is 19.3 Å². The van der Waals surface area contributed by atoms with Gasteiger partial charge in [-0.1, -0.05) is 78.1 Å². The highest BCUT2D eigenvalue weighted by atomic mass is 16.5. The van der Waals surface area contributed by atoms with Crippen LogP contribution in [0.25, 0.3) is 0 Å². The zero-order valence-corrected chi connectivity index (χ0v) is 23.5. The molecule has 0 aliphatic carbocycles. The normalized spacial score (nSPS) is 15.9. The van der Waals surface area contributed by atoms with Crippen LogP contribution in [0.3, 0.4) is 0 Å². The number of rotatable bonds is 21. The lowest BCUT2D eigenvalue weighted by Crippen LogP contribution is -2.35. The van der Waals surface area contributed by atoms with E-state index in [9.17, 15) is 9.59 Å². The summed E-state index contributed by atoms with van der Waals surface area (Å²) in [5, 5.41) is 0. The number of hydrogen-bond donors (Lipinski definition) is 0. The van der Waals surface area contributed by atoms with Gasteiger partial charge in [0, 0.05) is 13.1 Å². The molecule has 1 heterocycles. The second-order valence-electron chi connectivity index (χ2n) is 10.8. The van der Waals surface area contributed by atoms with E-state index in [1.54, 1.807) is 0 Å². The summed E-state index contributed by atoms with van der Waals surface area (Å²) >= 11 is 0. The van der Waals surface area contributed by atoms with Crippen LogP contribution in [-0.2, 0) is 19.1 Å². The molecule has 1 atom stereocenters. The Morgan fingerprint density at radius 3 is 2.06 bits per heavy atom. The Balaban J connectivity index is 2.19. The summed E-state index contributed by atoms with van der Waals surface area (Å²) in [6, 6.07) is 0. The minimum Gasteiger partial charge on any atom is -0.465 e. The molecule has 0 aromatic heterocycles. The van der Waals surface area contributed by atoms with Crippen molar-refractivity contribution in [2.45, 2.75) is 110 Å². The van der Waals surface area contributed by atoms with Gasteiger partial charge in [-0.15, -0.1) is 0 Å². The van der Waals surface area contributed by atoms with Crippen LogP contribution in [0.1, 0.15) is 110 Å². The van der Waals surface area contributed by atoms with Gasteiger partial charge in [-0.2, -0.15) is 0 Å². The fraction of sp³-hybridized carbons (Fsp3) is 0.931. The first-order valence-corrected chi connectivity index (χ1v) is 14.7. The smallest absolute Gasteiger partial charge is 0.309 e. The van der Waals surface area contributed by atoms with Crippen LogP contribution >= 0.6 is 0 Å². The molecule has 1 unspecified atom stereocenters. The van der Waals surface area contributed by atoms with Crippen LogP contribution in [0.15, 0.2) is 0 Å². The molecule has 1 rings (SSSR count). The van der Waals surface area contributed by atoms with Crippen LogP contribution in [0.2, 0.25) is 0 Å². The van der Waals surface area contributed by atoms with E-state index >= 15 is 0 Å². The van der Waals surface area contributed by atoms with Crippen molar-refractivity contribution in [1.29, 1.82) is 0 Å². The Kier molecular flexibility index (Phi) is 19.1. The third-order valence-corrected chi connectivity index (χ3v) is 7.38. The SMILES string of the molecule is CCCCCCCCC(CCCCCC)COC(=O)CCN(C)CCOC(=O)C1CCN(C)CC1. The number of carbonyl (C=O) groups excluding carboxylic acids is 2. The van der Waals surface area contributed by atoms with E-state index < -0.39 is 0 Å². The third kappa shape index (κ3) is 17.0. The van der Waals surface area contributed by atoms with Gasteiger partial charge in [0.2, 0.25) is 0 Å². The molecule has 0 aromatic rings. The van der Waals surface area contributed by atoms with Crippen molar-refractivity contribution in [3.05, 3.63) is 0 Å². The highest BCUT2D eigenvalue weighted by Crippen LogP contribution is 2.20. The molecule has 6 nitrogen and oxygen atoms in total. The lowest BCUT2D eigenvalue weighted by Gasteiger charge is -2.27. The standard InChI is InChI=1S/C29H56N2O4/c1-5-7-9-11-12-14-16-26(15-13-10-8-6-2)25-35-28(32)19-22-31(4)23-24-34-29(33)27-17-20-30(3)21-18-27/h26-27H,5-25H2,1-4H3. The van der Waals surface area contributed by atoms with Gasteiger partial charge in [0.05, 0.1) is 18.9 Å². The summed E-state index contributed by atoms with van der Waals surface area (Å²) in [6.07, 6.45) is 17.4. The Labute approximate surface area is 216 Å². The summed E-state index contributed by atoms with van der Waals surface area (Å²) in [6.45, 7) is 8.64. The number of carbonyl (C=O) groups is 2. The Hall–Kier alpha value is -1.14. The van der Waals surface area contributed by atoms with E-state index in [2.05, 4.69) is 25.8 Å². The molecule has 0 bridgehead atoms. The highest BCUT2D eigenvalue weighted by Gasteiger charge is 2.24. The summed E-state index contributed by atoms with van der Waals surface area (Å²) in [7, 11) is 4.05. The summed E-state index contributed by atoms with van der Waals surface area (Å²) < 4.78 is 11.2. The lowest BCUT2D eigenvalue weighted by molar-refractivity contribution is -0.151. The van der Waals surface area contributed by atoms with E-state index in [0.717, 1.165) is 25.9 Å². The maximum absolute atomic E-state index is 12.4. The molecule has 0 saturated carbocycles. The van der Waals surface area contributed by atoms with Crippen molar-refractivity contribution in [2.75, 3.05) is 53.5 Å². The molecule has 0 N–H and O–H groups in total. The second-order valence-corrected chi connectivity index (χ2v) is 10.8. The molecular weight excluding hydrogens is 440 g/mol. The van der Waals surface area contributed by atoms with Crippen molar-refractivity contribution in [1.82, 2.24) is 9.80 Å². The maximum Gasteiger partial charge on any atom is 0.309 e. The number of esters is 2. The zero-order valence-electron chi connectivity index (χ0n) is 23.5. The average Bonchev–Trinajstić information content (AvgIpc) is 2.85. The van der Waals surface area contributed by atoms with E-state index in [1.165, 1.54) is 77.0 Å². The largest absolute Gasteiger partial charge is 0.465 e. The molecule has 206 valence electrons. The van der Waals surface area contributed by atoms with Gasteiger partial charge in [-0.25, -0.2) is 0 Å². The fourth-order valence-corrected chi connectivity index (χ4v) is 4.73. The molecule has 1 aliphatic heterocycles. The number of likely N-dealkylation sites (N-methyl/N-ethyl adjacent to an activating group) is 1. The van der Waals surface area contributed by atoms with Gasteiger partial charge in [0.1, 0.15) is 6.61 Å². The van der Waals surface area contributed by atoms with Gasteiger partial charge in [-0.3, -0.25) is 9.59 Å². The molecule has 0 aromatic carbocycles. The van der Waals surface area contributed by atoms with Crippen LogP contribution in [-0.4, -0.2) is 75.2 Å². The first-order valence-electron chi connectivity index (χ1n) is 14.7. The lowest BCUT2D eigenvalue weighted by atomic mass is 9.95. The van der Waals surface area contributed by atoms with Gasteiger partial charge in [0.25, 0.3) is 0 Å². The number of ether oxygens (including phenoxy) is 2. The fourth-order valence-electron chi connectivity index (χ4n) is 4.73. The number of piperidine rings is 1. The molecule has 0 spiro atoms. The quantitative estimate of drug-likeness (QED) is 0.142. The minimum atomic E-state index is -0.110. The molecule has 0 amide bonds. The number of hydrogen-bond acceptors (Lipinski definition) is 6. The monoisotopic (exact) mass is 496 g/mol. The Bertz CT molecular complexity index is 535. The predicted octanol–water partition coefficient (Wildman–Crippen LogP) is 6.07. The van der Waals surface area contributed by atoms with E-state index in [-0.39, 0.29) is 17.9 Å². The summed E-state index contributed by atoms with van der Waals surface area (Å²) in [5.74, 6) is 0.361. The topological polar surface area (TPSA) is 59.1 Å². The van der Waals surface area contributed by atoms with Gasteiger partial charge in [0.15, 0.2) is 0 Å². The molecule has 35 heavy (non-hydrogen) atoms. The number of nitrogens with zero attached hydrogens (tertiary/aromatic N) is 2. The van der Waals surface area contributed by atoms with E-state index in [4.69, 9.17) is 9.47 Å². The van der Waals surface area contributed by atoms with E-state index in [1.807, 2.05) is 11.9 Å².